The third-order valence-corrected chi connectivity index (χ3v) is 4.00. The van der Waals surface area contributed by atoms with Gasteiger partial charge < -0.3 is 4.90 Å². The van der Waals surface area contributed by atoms with Crippen LogP contribution in [-0.2, 0) is 6.54 Å². The molecule has 2 aromatic carbocycles. The number of alkyl halides is 1. The highest BCUT2D eigenvalue weighted by molar-refractivity contribution is 9.09. The number of fused-ring (bicyclic) bond motifs is 1. The van der Waals surface area contributed by atoms with Crippen LogP contribution < -0.4 is 4.90 Å². The fraction of sp³-hybridized carbons (Fsp3) is 0.143. The molecule has 1 unspecified atom stereocenters. The predicted molar refractivity (Wildman–Crippen MR) is 70.7 cm³/mol. The fourth-order valence-corrected chi connectivity index (χ4v) is 3.01. The Kier molecular flexibility index (Phi) is 2.44. The van der Waals surface area contributed by atoms with Gasteiger partial charge in [-0.05, 0) is 23.3 Å². The molecular weight excluding hydrogens is 262 g/mol. The zero-order valence-corrected chi connectivity index (χ0v) is 10.4. The summed E-state index contributed by atoms with van der Waals surface area (Å²) in [6.07, 6.45) is 0. The first-order valence-electron chi connectivity index (χ1n) is 5.40. The number of hydrogen-bond donors (Lipinski definition) is 0. The molecule has 1 aliphatic rings. The summed E-state index contributed by atoms with van der Waals surface area (Å²) in [5, 5.41) is 0. The van der Waals surface area contributed by atoms with Gasteiger partial charge in [-0.1, -0.05) is 58.4 Å². The van der Waals surface area contributed by atoms with Gasteiger partial charge in [0.25, 0.3) is 0 Å². The van der Waals surface area contributed by atoms with Crippen molar-refractivity contribution in [1.29, 1.82) is 0 Å². The molecular formula is C14H12BrN. The van der Waals surface area contributed by atoms with Gasteiger partial charge in [0, 0.05) is 12.2 Å². The highest BCUT2D eigenvalue weighted by Crippen LogP contribution is 2.40. The van der Waals surface area contributed by atoms with Crippen molar-refractivity contribution < 1.29 is 0 Å². The predicted octanol–water partition coefficient (Wildman–Crippen LogP) is 4.10. The number of halogens is 1. The van der Waals surface area contributed by atoms with E-state index in [4.69, 9.17) is 0 Å². The first kappa shape index (κ1) is 9.91. The minimum absolute atomic E-state index is 0.297. The Hall–Kier alpha value is -1.28. The van der Waals surface area contributed by atoms with Crippen molar-refractivity contribution in [2.45, 2.75) is 11.5 Å². The molecule has 0 radical (unpaired) electrons. The van der Waals surface area contributed by atoms with E-state index in [1.165, 1.54) is 16.8 Å². The lowest BCUT2D eigenvalue weighted by molar-refractivity contribution is 0.873. The van der Waals surface area contributed by atoms with E-state index >= 15 is 0 Å². The second kappa shape index (κ2) is 3.95. The van der Waals surface area contributed by atoms with Crippen LogP contribution in [0.1, 0.15) is 16.1 Å². The van der Waals surface area contributed by atoms with Crippen molar-refractivity contribution in [1.82, 2.24) is 0 Å². The van der Waals surface area contributed by atoms with Crippen molar-refractivity contribution in [3.8, 4) is 0 Å². The van der Waals surface area contributed by atoms with Crippen LogP contribution in [-0.4, -0.2) is 0 Å². The fourth-order valence-electron chi connectivity index (χ4n) is 2.18. The van der Waals surface area contributed by atoms with Crippen LogP contribution in [0.25, 0.3) is 0 Å². The number of para-hydroxylation sites is 1. The standard InChI is InChI=1S/C14H12BrN/c15-14-13-9-5-4-6-11(13)10-16(14)12-7-2-1-3-8-12/h1-9,14H,10H2. The summed E-state index contributed by atoms with van der Waals surface area (Å²) in [4.78, 5) is 2.66. The van der Waals surface area contributed by atoms with Crippen LogP contribution in [0, 0.1) is 0 Å². The SMILES string of the molecule is BrC1c2ccccc2CN1c1ccccc1. The molecule has 0 saturated carbocycles. The van der Waals surface area contributed by atoms with Gasteiger partial charge >= 0.3 is 0 Å². The van der Waals surface area contributed by atoms with Crippen molar-refractivity contribution in [2.24, 2.45) is 0 Å². The molecule has 2 heteroatoms. The molecule has 0 aliphatic carbocycles. The number of hydrogen-bond acceptors (Lipinski definition) is 1. The zero-order chi connectivity index (χ0) is 11.0. The second-order valence-electron chi connectivity index (χ2n) is 4.00. The van der Waals surface area contributed by atoms with E-state index in [-0.39, 0.29) is 0 Å². The van der Waals surface area contributed by atoms with E-state index < -0.39 is 0 Å². The van der Waals surface area contributed by atoms with E-state index in [1.54, 1.807) is 0 Å². The molecule has 80 valence electrons. The van der Waals surface area contributed by atoms with Gasteiger partial charge in [-0.2, -0.15) is 0 Å². The minimum Gasteiger partial charge on any atom is -0.350 e. The lowest BCUT2D eigenvalue weighted by atomic mass is 10.1. The van der Waals surface area contributed by atoms with Crippen LogP contribution in [0.2, 0.25) is 0 Å². The van der Waals surface area contributed by atoms with Gasteiger partial charge in [0.05, 0.1) is 0 Å². The summed E-state index contributed by atoms with van der Waals surface area (Å²) >= 11 is 3.77. The highest BCUT2D eigenvalue weighted by Gasteiger charge is 2.27. The van der Waals surface area contributed by atoms with Gasteiger partial charge in [-0.25, -0.2) is 0 Å². The Labute approximate surface area is 104 Å². The quantitative estimate of drug-likeness (QED) is 0.559. The molecule has 0 amide bonds. The van der Waals surface area contributed by atoms with Gasteiger partial charge in [0.2, 0.25) is 0 Å². The Bertz CT molecular complexity index is 495. The van der Waals surface area contributed by atoms with Crippen LogP contribution in [0.4, 0.5) is 5.69 Å². The molecule has 1 atom stereocenters. The Morgan fingerprint density at radius 2 is 1.62 bits per heavy atom. The van der Waals surface area contributed by atoms with Crippen LogP contribution in [0.3, 0.4) is 0 Å². The van der Waals surface area contributed by atoms with E-state index in [0.717, 1.165) is 6.54 Å². The molecule has 16 heavy (non-hydrogen) atoms. The number of benzene rings is 2. The van der Waals surface area contributed by atoms with Gasteiger partial charge in [-0.3, -0.25) is 0 Å². The molecule has 1 heterocycles. The maximum atomic E-state index is 3.77. The van der Waals surface area contributed by atoms with Crippen LogP contribution in [0.5, 0.6) is 0 Å². The van der Waals surface area contributed by atoms with E-state index in [0.29, 0.717) is 4.95 Å². The largest absolute Gasteiger partial charge is 0.350 e. The summed E-state index contributed by atoms with van der Waals surface area (Å²) in [6, 6.07) is 19.1. The van der Waals surface area contributed by atoms with Crippen molar-refractivity contribution in [3.05, 3.63) is 65.7 Å². The lowest BCUT2D eigenvalue weighted by Crippen LogP contribution is -2.16. The third-order valence-electron chi connectivity index (χ3n) is 3.01. The molecule has 0 bridgehead atoms. The molecule has 0 saturated heterocycles. The molecule has 0 N–H and O–H groups in total. The maximum Gasteiger partial charge on any atom is 0.111 e. The first-order valence-corrected chi connectivity index (χ1v) is 6.31. The first-order chi connectivity index (χ1) is 7.86. The number of anilines is 1. The summed E-state index contributed by atoms with van der Waals surface area (Å²) in [5.41, 5.74) is 4.06. The summed E-state index contributed by atoms with van der Waals surface area (Å²) in [5.74, 6) is 0. The normalized spacial score (nSPS) is 18.6. The smallest absolute Gasteiger partial charge is 0.111 e. The number of rotatable bonds is 1. The van der Waals surface area contributed by atoms with E-state index in [2.05, 4.69) is 75.4 Å². The van der Waals surface area contributed by atoms with Gasteiger partial charge in [0.15, 0.2) is 0 Å². The Morgan fingerprint density at radius 1 is 0.938 bits per heavy atom. The lowest BCUT2D eigenvalue weighted by Gasteiger charge is -2.22. The summed E-state index contributed by atoms with van der Waals surface area (Å²) < 4.78 is 0. The van der Waals surface area contributed by atoms with E-state index in [1.807, 2.05) is 0 Å². The van der Waals surface area contributed by atoms with Crippen molar-refractivity contribution in [3.63, 3.8) is 0 Å². The highest BCUT2D eigenvalue weighted by atomic mass is 79.9. The average molecular weight is 274 g/mol. The second-order valence-corrected chi connectivity index (χ2v) is 4.87. The molecule has 0 fully saturated rings. The zero-order valence-electron chi connectivity index (χ0n) is 8.81. The molecule has 1 nitrogen and oxygen atoms in total. The minimum atomic E-state index is 0.297. The van der Waals surface area contributed by atoms with Gasteiger partial charge in [-0.15, -0.1) is 0 Å². The maximum absolute atomic E-state index is 3.77. The van der Waals surface area contributed by atoms with E-state index in [9.17, 15) is 0 Å². The van der Waals surface area contributed by atoms with Crippen LogP contribution >= 0.6 is 15.9 Å². The number of nitrogens with zero attached hydrogens (tertiary/aromatic N) is 1. The third kappa shape index (κ3) is 1.54. The monoisotopic (exact) mass is 273 g/mol. The van der Waals surface area contributed by atoms with Crippen molar-refractivity contribution in [2.75, 3.05) is 4.90 Å². The molecule has 0 aromatic heterocycles. The molecule has 3 rings (SSSR count). The molecule has 0 spiro atoms. The molecule has 1 aliphatic heterocycles. The van der Waals surface area contributed by atoms with Crippen molar-refractivity contribution >= 4 is 21.6 Å². The summed E-state index contributed by atoms with van der Waals surface area (Å²) in [6.45, 7) is 0.982. The molecule has 2 aromatic rings. The van der Waals surface area contributed by atoms with Gasteiger partial charge in [0.1, 0.15) is 4.95 Å². The topological polar surface area (TPSA) is 3.24 Å². The Balaban J connectivity index is 1.99. The van der Waals surface area contributed by atoms with Crippen LogP contribution in [0.15, 0.2) is 54.6 Å². The average Bonchev–Trinajstić information content (AvgIpc) is 2.69. The Morgan fingerprint density at radius 3 is 2.38 bits per heavy atom. The summed E-state index contributed by atoms with van der Waals surface area (Å²) in [7, 11) is 0.